The molecule has 1 heterocycles. The van der Waals surface area contributed by atoms with Gasteiger partial charge in [0.05, 0.1) is 16.6 Å². The number of hydrogen-bond acceptors (Lipinski definition) is 3. The molecule has 2 aromatic carbocycles. The highest BCUT2D eigenvalue weighted by Gasteiger charge is 2.27. The van der Waals surface area contributed by atoms with E-state index in [1.54, 1.807) is 24.3 Å². The molecule has 0 saturated carbocycles. The Morgan fingerprint density at radius 1 is 1.09 bits per heavy atom. The molecule has 0 radical (unpaired) electrons. The Kier molecular flexibility index (Phi) is 3.54. The molecule has 7 heteroatoms. The van der Waals surface area contributed by atoms with Crippen molar-refractivity contribution < 1.29 is 13.5 Å². The van der Waals surface area contributed by atoms with Gasteiger partial charge in [0.2, 0.25) is 0 Å². The maximum Gasteiger partial charge on any atom is 0.487 e. The number of alkyl halides is 3. The van der Waals surface area contributed by atoms with E-state index in [4.69, 9.17) is 11.6 Å². The molecule has 112 valence electrons. The quantitative estimate of drug-likeness (QED) is 0.693. The molecule has 3 rings (SSSR count). The first-order valence-electron chi connectivity index (χ1n) is 6.27. The van der Waals surface area contributed by atoms with Crippen LogP contribution < -0.4 is 10.3 Å². The van der Waals surface area contributed by atoms with E-state index in [0.717, 1.165) is 0 Å². The maximum absolute atomic E-state index is 12.5. The summed E-state index contributed by atoms with van der Waals surface area (Å²) >= 11 is 4.69. The van der Waals surface area contributed by atoms with Crippen molar-refractivity contribution in [2.45, 2.75) is 5.57 Å². The van der Waals surface area contributed by atoms with Crippen LogP contribution in [0.1, 0.15) is 0 Å². The van der Waals surface area contributed by atoms with E-state index >= 15 is 0 Å². The van der Waals surface area contributed by atoms with Gasteiger partial charge in [0.25, 0.3) is 5.56 Å². The number of aromatic nitrogens is 2. The first-order valence-corrected chi connectivity index (χ1v) is 6.64. The fourth-order valence-electron chi connectivity index (χ4n) is 2.06. The summed E-state index contributed by atoms with van der Waals surface area (Å²) in [5.74, 6) is -0.106. The van der Waals surface area contributed by atoms with Crippen molar-refractivity contribution >= 4 is 22.5 Å². The Morgan fingerprint density at radius 2 is 1.77 bits per heavy atom. The minimum atomic E-state index is -3.77. The lowest BCUT2D eigenvalue weighted by atomic mass is 10.2. The summed E-state index contributed by atoms with van der Waals surface area (Å²) in [5.41, 5.74) is -2.95. The predicted octanol–water partition coefficient (Wildman–Crippen LogP) is 3.55. The number of nitrogens with zero attached hydrogens (tertiary/aromatic N) is 2. The Hall–Kier alpha value is -2.47. The average Bonchev–Trinajstić information content (AvgIpc) is 2.47. The van der Waals surface area contributed by atoms with E-state index in [2.05, 4.69) is 9.72 Å². The Balaban J connectivity index is 2.01. The fraction of sp³-hybridized carbons (Fsp3) is 0.0667. The van der Waals surface area contributed by atoms with Crippen LogP contribution in [0.25, 0.3) is 16.6 Å². The Bertz CT molecular complexity index is 873. The molecule has 0 N–H and O–H groups in total. The standard InChI is InChI=1S/C15H9ClF2N2O2/c16-15(17,18)22-11-7-5-10(6-8-11)20-9-19-13-4-2-1-3-12(13)14(20)21/h1-9H. The second kappa shape index (κ2) is 5.38. The molecule has 0 amide bonds. The van der Waals surface area contributed by atoms with E-state index < -0.39 is 5.57 Å². The van der Waals surface area contributed by atoms with Gasteiger partial charge < -0.3 is 4.74 Å². The number of ether oxygens (including phenoxy) is 1. The summed E-state index contributed by atoms with van der Waals surface area (Å²) in [6.07, 6.45) is 1.39. The molecule has 0 aliphatic carbocycles. The topological polar surface area (TPSA) is 44.1 Å². The molecular formula is C15H9ClF2N2O2. The van der Waals surface area contributed by atoms with Crippen molar-refractivity contribution in [1.29, 1.82) is 0 Å². The van der Waals surface area contributed by atoms with Crippen LogP contribution in [0.2, 0.25) is 0 Å². The monoisotopic (exact) mass is 322 g/mol. The third kappa shape index (κ3) is 2.92. The SMILES string of the molecule is O=c1c2ccccc2ncn1-c1ccc(OC(F)(F)Cl)cc1. The van der Waals surface area contributed by atoms with Crippen LogP contribution >= 0.6 is 11.6 Å². The predicted molar refractivity (Wildman–Crippen MR) is 78.8 cm³/mol. The van der Waals surface area contributed by atoms with Gasteiger partial charge in [0.15, 0.2) is 0 Å². The van der Waals surface area contributed by atoms with Crippen LogP contribution in [0.15, 0.2) is 59.7 Å². The highest BCUT2D eigenvalue weighted by Crippen LogP contribution is 2.25. The van der Waals surface area contributed by atoms with Crippen LogP contribution in [0, 0.1) is 0 Å². The lowest BCUT2D eigenvalue weighted by Crippen LogP contribution is -2.19. The summed E-state index contributed by atoms with van der Waals surface area (Å²) in [4.78, 5) is 16.6. The van der Waals surface area contributed by atoms with E-state index in [9.17, 15) is 13.6 Å². The second-order valence-electron chi connectivity index (χ2n) is 4.48. The summed E-state index contributed by atoms with van der Waals surface area (Å²) < 4.78 is 30.6. The van der Waals surface area contributed by atoms with Gasteiger partial charge in [0, 0.05) is 11.6 Å². The summed E-state index contributed by atoms with van der Waals surface area (Å²) in [5, 5.41) is 0.470. The molecule has 3 aromatic rings. The molecular weight excluding hydrogens is 314 g/mol. The first kappa shape index (κ1) is 14.5. The second-order valence-corrected chi connectivity index (χ2v) is 4.92. The van der Waals surface area contributed by atoms with Crippen LogP contribution in [0.3, 0.4) is 0 Å². The normalized spacial score (nSPS) is 11.6. The number of benzene rings is 2. The lowest BCUT2D eigenvalue weighted by Gasteiger charge is -2.11. The Morgan fingerprint density at radius 3 is 2.45 bits per heavy atom. The molecule has 0 atom stereocenters. The largest absolute Gasteiger partial charge is 0.487 e. The van der Waals surface area contributed by atoms with Crippen molar-refractivity contribution in [2.24, 2.45) is 0 Å². The zero-order valence-electron chi connectivity index (χ0n) is 11.0. The zero-order chi connectivity index (χ0) is 15.7. The minimum Gasteiger partial charge on any atom is -0.420 e. The zero-order valence-corrected chi connectivity index (χ0v) is 11.8. The molecule has 22 heavy (non-hydrogen) atoms. The van der Waals surface area contributed by atoms with E-state index in [1.165, 1.54) is 35.2 Å². The van der Waals surface area contributed by atoms with Crippen molar-refractivity contribution in [3.05, 3.63) is 65.2 Å². The van der Waals surface area contributed by atoms with Crippen LogP contribution in [-0.2, 0) is 0 Å². The molecule has 1 aromatic heterocycles. The molecule has 0 bridgehead atoms. The fourth-order valence-corrected chi connectivity index (χ4v) is 2.15. The third-order valence-corrected chi connectivity index (χ3v) is 3.09. The van der Waals surface area contributed by atoms with Crippen molar-refractivity contribution in [3.63, 3.8) is 0 Å². The first-order chi connectivity index (χ1) is 10.4. The highest BCUT2D eigenvalue weighted by molar-refractivity contribution is 6.20. The number of rotatable bonds is 3. The van der Waals surface area contributed by atoms with Crippen molar-refractivity contribution in [1.82, 2.24) is 9.55 Å². The summed E-state index contributed by atoms with van der Waals surface area (Å²) in [6.45, 7) is 0. The minimum absolute atomic E-state index is 0.106. The van der Waals surface area contributed by atoms with Crippen LogP contribution in [0.5, 0.6) is 5.75 Å². The van der Waals surface area contributed by atoms with Crippen LogP contribution in [-0.4, -0.2) is 15.1 Å². The van der Waals surface area contributed by atoms with Gasteiger partial charge in [-0.15, -0.1) is 8.78 Å². The Labute approximate surface area is 128 Å². The van der Waals surface area contributed by atoms with E-state index in [1.807, 2.05) is 0 Å². The molecule has 0 aliphatic rings. The summed E-state index contributed by atoms with van der Waals surface area (Å²) in [7, 11) is 0. The maximum atomic E-state index is 12.5. The van der Waals surface area contributed by atoms with Gasteiger partial charge in [-0.25, -0.2) is 4.98 Å². The van der Waals surface area contributed by atoms with Crippen molar-refractivity contribution in [3.8, 4) is 11.4 Å². The van der Waals surface area contributed by atoms with Gasteiger partial charge in [-0.3, -0.25) is 9.36 Å². The lowest BCUT2D eigenvalue weighted by molar-refractivity contribution is -0.0964. The molecule has 0 unspecified atom stereocenters. The van der Waals surface area contributed by atoms with Gasteiger partial charge in [-0.05, 0) is 36.4 Å². The molecule has 0 saturated heterocycles. The van der Waals surface area contributed by atoms with Gasteiger partial charge >= 0.3 is 5.57 Å². The smallest absolute Gasteiger partial charge is 0.420 e. The number of fused-ring (bicyclic) bond motifs is 1. The van der Waals surface area contributed by atoms with E-state index in [-0.39, 0.29) is 11.3 Å². The highest BCUT2D eigenvalue weighted by atomic mass is 35.5. The van der Waals surface area contributed by atoms with Gasteiger partial charge in [-0.1, -0.05) is 12.1 Å². The van der Waals surface area contributed by atoms with Gasteiger partial charge in [-0.2, -0.15) is 0 Å². The van der Waals surface area contributed by atoms with Crippen LogP contribution in [0.4, 0.5) is 8.78 Å². The number of halogens is 3. The molecule has 0 spiro atoms. The molecule has 0 fully saturated rings. The van der Waals surface area contributed by atoms with Gasteiger partial charge in [0.1, 0.15) is 12.1 Å². The average molecular weight is 323 g/mol. The van der Waals surface area contributed by atoms with Crippen molar-refractivity contribution in [2.75, 3.05) is 0 Å². The number of hydrogen-bond donors (Lipinski definition) is 0. The number of para-hydroxylation sites is 1. The molecule has 4 nitrogen and oxygen atoms in total. The summed E-state index contributed by atoms with van der Waals surface area (Å²) in [6, 6.07) is 12.5. The van der Waals surface area contributed by atoms with E-state index in [0.29, 0.717) is 16.6 Å². The third-order valence-electron chi connectivity index (χ3n) is 3.01. The molecule has 0 aliphatic heterocycles.